The second kappa shape index (κ2) is 10.6. The van der Waals surface area contributed by atoms with Crippen molar-refractivity contribution in [2.75, 3.05) is 5.32 Å². The summed E-state index contributed by atoms with van der Waals surface area (Å²) in [6, 6.07) is 21.7. The molecule has 5 aromatic rings. The first-order valence-electron chi connectivity index (χ1n) is 13.1. The predicted octanol–water partition coefficient (Wildman–Crippen LogP) is 6.37. The number of hydrogen-bond donors (Lipinski definition) is 2. The van der Waals surface area contributed by atoms with Gasteiger partial charge in [0.25, 0.3) is 5.91 Å². The van der Waals surface area contributed by atoms with Crippen molar-refractivity contribution in [2.45, 2.75) is 39.2 Å². The Morgan fingerprint density at radius 2 is 1.90 bits per heavy atom. The van der Waals surface area contributed by atoms with Crippen LogP contribution in [0.1, 0.15) is 53.9 Å². The molecule has 1 amide bonds. The normalized spacial score (nSPS) is 12.1. The van der Waals surface area contributed by atoms with Crippen LogP contribution in [0.4, 0.5) is 11.6 Å². The van der Waals surface area contributed by atoms with E-state index in [0.717, 1.165) is 44.4 Å². The average Bonchev–Trinajstić information content (AvgIpc) is 3.37. The van der Waals surface area contributed by atoms with Gasteiger partial charge in [0, 0.05) is 30.4 Å². The van der Waals surface area contributed by atoms with Crippen LogP contribution in [0.15, 0.2) is 79.3 Å². The summed E-state index contributed by atoms with van der Waals surface area (Å²) in [6.07, 6.45) is 5.40. The van der Waals surface area contributed by atoms with Gasteiger partial charge in [-0.1, -0.05) is 30.3 Å². The lowest BCUT2D eigenvalue weighted by Gasteiger charge is -2.19. The van der Waals surface area contributed by atoms with Gasteiger partial charge in [-0.25, -0.2) is 9.97 Å². The Kier molecular flexibility index (Phi) is 7.05. The molecule has 5 rings (SSSR count). The van der Waals surface area contributed by atoms with E-state index in [4.69, 9.17) is 0 Å². The Morgan fingerprint density at radius 3 is 2.65 bits per heavy atom. The highest BCUT2D eigenvalue weighted by atomic mass is 16.1. The van der Waals surface area contributed by atoms with Gasteiger partial charge in [0.05, 0.1) is 34.9 Å². The summed E-state index contributed by atoms with van der Waals surface area (Å²) in [7, 11) is 1.86. The van der Waals surface area contributed by atoms with Crippen molar-refractivity contribution in [3.8, 4) is 17.2 Å². The van der Waals surface area contributed by atoms with Crippen molar-refractivity contribution < 1.29 is 4.79 Å². The summed E-state index contributed by atoms with van der Waals surface area (Å²) in [5.41, 5.74) is 6.59. The fourth-order valence-corrected chi connectivity index (χ4v) is 4.57. The molecule has 0 saturated carbocycles. The summed E-state index contributed by atoms with van der Waals surface area (Å²) in [4.78, 5) is 22.2. The van der Waals surface area contributed by atoms with Gasteiger partial charge in [0.15, 0.2) is 0 Å². The number of nitriles is 1. The third kappa shape index (κ3) is 5.54. The van der Waals surface area contributed by atoms with E-state index in [0.29, 0.717) is 11.5 Å². The zero-order valence-corrected chi connectivity index (χ0v) is 23.2. The van der Waals surface area contributed by atoms with Gasteiger partial charge in [-0.2, -0.15) is 10.4 Å². The molecular weight excluding hydrogens is 498 g/mol. The highest BCUT2D eigenvalue weighted by Crippen LogP contribution is 2.30. The van der Waals surface area contributed by atoms with Crippen LogP contribution >= 0.6 is 0 Å². The van der Waals surface area contributed by atoms with Crippen LogP contribution in [0.25, 0.3) is 22.0 Å². The maximum Gasteiger partial charge on any atom is 0.251 e. The number of hydrogen-bond acceptors (Lipinski definition) is 6. The van der Waals surface area contributed by atoms with Crippen LogP contribution in [0.5, 0.6) is 0 Å². The molecule has 0 radical (unpaired) electrons. The van der Waals surface area contributed by atoms with Gasteiger partial charge in [-0.3, -0.25) is 9.48 Å². The summed E-state index contributed by atoms with van der Waals surface area (Å²) < 4.78 is 1.72. The SMILES string of the molecule is Cc1ccc(C(C)NC(=O)c2cccc(C(C)(C)C#N)c2)cc1-c1ccc2nc(Nc3cnn(C)c3)ncc2c1. The van der Waals surface area contributed by atoms with E-state index in [1.165, 1.54) is 0 Å². The average molecular weight is 530 g/mol. The summed E-state index contributed by atoms with van der Waals surface area (Å²) in [6.45, 7) is 7.74. The number of carbonyl (C=O) groups excluding carboxylic acids is 1. The Labute approximate surface area is 233 Å². The molecule has 8 heteroatoms. The fourth-order valence-electron chi connectivity index (χ4n) is 4.57. The third-order valence-electron chi connectivity index (χ3n) is 7.09. The predicted molar refractivity (Wildman–Crippen MR) is 157 cm³/mol. The smallest absolute Gasteiger partial charge is 0.251 e. The van der Waals surface area contributed by atoms with E-state index in [1.807, 2.05) is 64.5 Å². The van der Waals surface area contributed by atoms with Crippen LogP contribution in [0, 0.1) is 18.3 Å². The molecule has 40 heavy (non-hydrogen) atoms. The number of nitrogens with zero attached hydrogens (tertiary/aromatic N) is 5. The summed E-state index contributed by atoms with van der Waals surface area (Å²) >= 11 is 0. The number of nitrogens with one attached hydrogen (secondary N) is 2. The first-order valence-corrected chi connectivity index (χ1v) is 13.1. The standard InChI is InChI=1S/C32H31N7O/c1-20-9-10-22(21(2)36-30(40)24-7-6-8-26(14-24)32(3,4)19-33)15-28(20)23-11-12-29-25(13-23)16-34-31(38-29)37-27-17-35-39(5)18-27/h6-18,21H,1-5H3,(H,36,40)(H,34,37,38). The van der Waals surface area contributed by atoms with Gasteiger partial charge in [0.1, 0.15) is 0 Å². The highest BCUT2D eigenvalue weighted by Gasteiger charge is 2.21. The molecule has 0 aliphatic carbocycles. The largest absolute Gasteiger partial charge is 0.346 e. The Bertz CT molecular complexity index is 1760. The van der Waals surface area contributed by atoms with Gasteiger partial charge >= 0.3 is 0 Å². The summed E-state index contributed by atoms with van der Waals surface area (Å²) in [5, 5.41) is 20.9. The van der Waals surface area contributed by atoms with Crippen molar-refractivity contribution in [3.63, 3.8) is 0 Å². The number of fused-ring (bicyclic) bond motifs is 1. The minimum atomic E-state index is -0.671. The third-order valence-corrected chi connectivity index (χ3v) is 7.09. The summed E-state index contributed by atoms with van der Waals surface area (Å²) in [5.74, 6) is 0.335. The second-order valence-electron chi connectivity index (χ2n) is 10.6. The molecule has 200 valence electrons. The minimum absolute atomic E-state index is 0.177. The van der Waals surface area contributed by atoms with E-state index in [2.05, 4.69) is 63.0 Å². The number of aryl methyl sites for hydroxylation is 2. The number of amides is 1. The van der Waals surface area contributed by atoms with Crippen LogP contribution in [-0.4, -0.2) is 25.7 Å². The minimum Gasteiger partial charge on any atom is -0.346 e. The lowest BCUT2D eigenvalue weighted by atomic mass is 9.85. The molecule has 0 aliphatic heterocycles. The number of benzene rings is 3. The van der Waals surface area contributed by atoms with Crippen molar-refractivity contribution in [2.24, 2.45) is 7.05 Å². The van der Waals surface area contributed by atoms with Crippen LogP contribution in [-0.2, 0) is 12.5 Å². The molecule has 0 saturated heterocycles. The first-order chi connectivity index (χ1) is 19.1. The van der Waals surface area contributed by atoms with Gasteiger partial charge in [0.2, 0.25) is 5.95 Å². The molecule has 2 N–H and O–H groups in total. The van der Waals surface area contributed by atoms with E-state index < -0.39 is 5.41 Å². The van der Waals surface area contributed by atoms with E-state index in [9.17, 15) is 10.1 Å². The zero-order chi connectivity index (χ0) is 28.4. The molecule has 1 unspecified atom stereocenters. The Hall–Kier alpha value is -5.03. The number of anilines is 2. The second-order valence-corrected chi connectivity index (χ2v) is 10.6. The van der Waals surface area contributed by atoms with Gasteiger partial charge in [-0.15, -0.1) is 0 Å². The highest BCUT2D eigenvalue weighted by molar-refractivity contribution is 5.94. The molecular formula is C32H31N7O. The molecule has 2 aromatic heterocycles. The van der Waals surface area contributed by atoms with Gasteiger partial charge in [-0.05, 0) is 85.8 Å². The molecule has 8 nitrogen and oxygen atoms in total. The molecule has 0 aliphatic rings. The lowest BCUT2D eigenvalue weighted by molar-refractivity contribution is 0.0939. The van der Waals surface area contributed by atoms with Gasteiger partial charge < -0.3 is 10.6 Å². The zero-order valence-electron chi connectivity index (χ0n) is 23.2. The van der Waals surface area contributed by atoms with Crippen LogP contribution in [0.2, 0.25) is 0 Å². The number of aromatic nitrogens is 4. The maximum atomic E-state index is 13.1. The fraction of sp³-hybridized carbons (Fsp3) is 0.219. The Balaban J connectivity index is 1.36. The van der Waals surface area contributed by atoms with E-state index in [-0.39, 0.29) is 11.9 Å². The van der Waals surface area contributed by atoms with Crippen molar-refractivity contribution in [3.05, 3.63) is 102 Å². The molecule has 0 fully saturated rings. The quantitative estimate of drug-likeness (QED) is 0.253. The van der Waals surface area contributed by atoms with Crippen molar-refractivity contribution >= 4 is 28.4 Å². The molecule has 0 spiro atoms. The lowest BCUT2D eigenvalue weighted by Crippen LogP contribution is -2.27. The first kappa shape index (κ1) is 26.6. The molecule has 2 heterocycles. The number of carbonyl (C=O) groups is 1. The van der Waals surface area contributed by atoms with Crippen molar-refractivity contribution in [1.29, 1.82) is 5.26 Å². The van der Waals surface area contributed by atoms with Crippen LogP contribution in [0.3, 0.4) is 0 Å². The Morgan fingerprint density at radius 1 is 1.07 bits per heavy atom. The van der Waals surface area contributed by atoms with E-state index >= 15 is 0 Å². The monoisotopic (exact) mass is 529 g/mol. The maximum absolute atomic E-state index is 13.1. The van der Waals surface area contributed by atoms with Crippen LogP contribution < -0.4 is 10.6 Å². The molecule has 0 bridgehead atoms. The number of rotatable bonds is 7. The molecule has 3 aromatic carbocycles. The van der Waals surface area contributed by atoms with E-state index in [1.54, 1.807) is 23.0 Å². The van der Waals surface area contributed by atoms with Crippen molar-refractivity contribution in [1.82, 2.24) is 25.1 Å². The molecule has 1 atom stereocenters. The topological polar surface area (TPSA) is 109 Å².